The summed E-state index contributed by atoms with van der Waals surface area (Å²) in [4.78, 5) is 9.26. The second-order valence-corrected chi connectivity index (χ2v) is 4.88. The van der Waals surface area contributed by atoms with Crippen LogP contribution in [0.1, 0.15) is 55.9 Å². The highest BCUT2D eigenvalue weighted by Gasteiger charge is 2.20. The lowest BCUT2D eigenvalue weighted by Crippen LogP contribution is -2.18. The normalized spacial score (nSPS) is 20.1. The second-order valence-electron chi connectivity index (χ2n) is 4.88. The van der Waals surface area contributed by atoms with Crippen LogP contribution >= 0.6 is 0 Å². The van der Waals surface area contributed by atoms with E-state index in [1.54, 1.807) is 7.11 Å². The third-order valence-corrected chi connectivity index (χ3v) is 3.07. The molecule has 17 heavy (non-hydrogen) atoms. The highest BCUT2D eigenvalue weighted by Crippen LogP contribution is 2.22. The lowest BCUT2D eigenvalue weighted by atomic mass is 10.1. The van der Waals surface area contributed by atoms with Gasteiger partial charge in [-0.05, 0) is 31.4 Å². The van der Waals surface area contributed by atoms with Gasteiger partial charge in [-0.1, -0.05) is 13.8 Å². The van der Waals surface area contributed by atoms with E-state index in [4.69, 9.17) is 4.74 Å². The maximum absolute atomic E-state index is 5.17. The minimum absolute atomic E-state index is 0.323. The number of nitrogens with zero attached hydrogens (tertiary/aromatic N) is 2. The van der Waals surface area contributed by atoms with Crippen molar-refractivity contribution in [3.05, 3.63) is 23.3 Å². The summed E-state index contributed by atoms with van der Waals surface area (Å²) >= 11 is 0. The van der Waals surface area contributed by atoms with Crippen molar-refractivity contribution in [2.24, 2.45) is 0 Å². The fraction of sp³-hybridized carbons (Fsp3) is 0.692. The van der Waals surface area contributed by atoms with Crippen molar-refractivity contribution in [2.75, 3.05) is 13.7 Å². The van der Waals surface area contributed by atoms with Crippen LogP contribution in [0.15, 0.2) is 6.07 Å². The molecule has 1 atom stereocenters. The standard InChI is InChI=1S/C13H21N3O/c1-9(2)12-7-10(8-17-3)15-13(16-12)11-5-4-6-14-11/h7,9,11,14H,4-6,8H2,1-3H3. The van der Waals surface area contributed by atoms with Gasteiger partial charge in [0.05, 0.1) is 18.3 Å². The first-order valence-corrected chi connectivity index (χ1v) is 6.30. The van der Waals surface area contributed by atoms with Crippen LogP contribution in [0.5, 0.6) is 0 Å². The molecule has 1 saturated heterocycles. The van der Waals surface area contributed by atoms with Crippen LogP contribution in [0.3, 0.4) is 0 Å². The fourth-order valence-corrected chi connectivity index (χ4v) is 2.12. The molecule has 0 radical (unpaired) electrons. The molecule has 0 aromatic carbocycles. The fourth-order valence-electron chi connectivity index (χ4n) is 2.12. The summed E-state index contributed by atoms with van der Waals surface area (Å²) in [6, 6.07) is 2.37. The molecule has 94 valence electrons. The summed E-state index contributed by atoms with van der Waals surface area (Å²) in [6.45, 7) is 5.94. The zero-order chi connectivity index (χ0) is 12.3. The van der Waals surface area contributed by atoms with E-state index >= 15 is 0 Å². The van der Waals surface area contributed by atoms with E-state index in [9.17, 15) is 0 Å². The molecule has 2 rings (SSSR count). The van der Waals surface area contributed by atoms with Crippen molar-refractivity contribution < 1.29 is 4.74 Å². The Balaban J connectivity index is 2.29. The number of aromatic nitrogens is 2. The van der Waals surface area contributed by atoms with Gasteiger partial charge in [-0.15, -0.1) is 0 Å². The molecule has 0 spiro atoms. The predicted molar refractivity (Wildman–Crippen MR) is 66.8 cm³/mol. The highest BCUT2D eigenvalue weighted by molar-refractivity contribution is 5.16. The van der Waals surface area contributed by atoms with Gasteiger partial charge in [-0.2, -0.15) is 0 Å². The molecule has 1 N–H and O–H groups in total. The van der Waals surface area contributed by atoms with Gasteiger partial charge in [0.2, 0.25) is 0 Å². The summed E-state index contributed by atoms with van der Waals surface area (Å²) in [7, 11) is 1.70. The first-order valence-electron chi connectivity index (χ1n) is 6.30. The molecule has 4 heteroatoms. The topological polar surface area (TPSA) is 47.0 Å². The van der Waals surface area contributed by atoms with Gasteiger partial charge in [0, 0.05) is 12.8 Å². The average molecular weight is 235 g/mol. The van der Waals surface area contributed by atoms with Crippen LogP contribution in [0, 0.1) is 0 Å². The van der Waals surface area contributed by atoms with Crippen molar-refractivity contribution in [1.82, 2.24) is 15.3 Å². The molecule has 2 heterocycles. The SMILES string of the molecule is COCc1cc(C(C)C)nc(C2CCCN2)n1. The molecular formula is C13H21N3O. The molecule has 0 aliphatic carbocycles. The summed E-state index contributed by atoms with van der Waals surface area (Å²) in [5.41, 5.74) is 2.09. The van der Waals surface area contributed by atoms with Crippen LogP contribution in [-0.2, 0) is 11.3 Å². The lowest BCUT2D eigenvalue weighted by molar-refractivity contribution is 0.181. The third kappa shape index (κ3) is 3.01. The van der Waals surface area contributed by atoms with Crippen LogP contribution < -0.4 is 5.32 Å². The van der Waals surface area contributed by atoms with E-state index < -0.39 is 0 Å². The van der Waals surface area contributed by atoms with Gasteiger partial charge < -0.3 is 10.1 Å². The minimum Gasteiger partial charge on any atom is -0.378 e. The summed E-state index contributed by atoms with van der Waals surface area (Å²) in [5, 5.41) is 3.44. The van der Waals surface area contributed by atoms with Gasteiger partial charge in [-0.3, -0.25) is 0 Å². The summed E-state index contributed by atoms with van der Waals surface area (Å²) < 4.78 is 5.17. The molecule has 1 aliphatic rings. The summed E-state index contributed by atoms with van der Waals surface area (Å²) in [5.74, 6) is 1.36. The molecule has 0 bridgehead atoms. The smallest absolute Gasteiger partial charge is 0.145 e. The van der Waals surface area contributed by atoms with Gasteiger partial charge in [0.1, 0.15) is 5.82 Å². The van der Waals surface area contributed by atoms with E-state index in [1.165, 1.54) is 6.42 Å². The minimum atomic E-state index is 0.323. The zero-order valence-corrected chi connectivity index (χ0v) is 10.9. The monoisotopic (exact) mass is 235 g/mol. The van der Waals surface area contributed by atoms with E-state index in [1.807, 2.05) is 6.07 Å². The molecule has 1 aromatic rings. The number of rotatable bonds is 4. The number of ether oxygens (including phenoxy) is 1. The molecule has 0 saturated carbocycles. The number of methoxy groups -OCH3 is 1. The average Bonchev–Trinajstić information content (AvgIpc) is 2.82. The predicted octanol–water partition coefficient (Wildman–Crippen LogP) is 2.17. The Morgan fingerprint density at radius 1 is 1.47 bits per heavy atom. The molecule has 4 nitrogen and oxygen atoms in total. The molecule has 1 aliphatic heterocycles. The van der Waals surface area contributed by atoms with Crippen LogP contribution in [0.4, 0.5) is 0 Å². The number of nitrogens with one attached hydrogen (secondary N) is 1. The van der Waals surface area contributed by atoms with Gasteiger partial charge >= 0.3 is 0 Å². The largest absolute Gasteiger partial charge is 0.378 e. The van der Waals surface area contributed by atoms with Gasteiger partial charge in [0.25, 0.3) is 0 Å². The Kier molecular flexibility index (Phi) is 4.07. The Hall–Kier alpha value is -1.00. The van der Waals surface area contributed by atoms with E-state index in [-0.39, 0.29) is 0 Å². The first-order chi connectivity index (χ1) is 8.20. The van der Waals surface area contributed by atoms with E-state index in [0.717, 1.165) is 30.2 Å². The first kappa shape index (κ1) is 12.5. The quantitative estimate of drug-likeness (QED) is 0.869. The summed E-state index contributed by atoms with van der Waals surface area (Å²) in [6.07, 6.45) is 2.34. The molecular weight excluding hydrogens is 214 g/mol. The van der Waals surface area contributed by atoms with Crippen molar-refractivity contribution in [1.29, 1.82) is 0 Å². The number of hydrogen-bond acceptors (Lipinski definition) is 4. The molecule has 1 fully saturated rings. The van der Waals surface area contributed by atoms with Gasteiger partial charge in [-0.25, -0.2) is 9.97 Å². The van der Waals surface area contributed by atoms with Gasteiger partial charge in [0.15, 0.2) is 0 Å². The molecule has 1 aromatic heterocycles. The van der Waals surface area contributed by atoms with Crippen LogP contribution in [0.2, 0.25) is 0 Å². The van der Waals surface area contributed by atoms with Crippen molar-refractivity contribution in [2.45, 2.75) is 45.3 Å². The Morgan fingerprint density at radius 2 is 2.29 bits per heavy atom. The van der Waals surface area contributed by atoms with Crippen molar-refractivity contribution in [3.8, 4) is 0 Å². The lowest BCUT2D eigenvalue weighted by Gasteiger charge is -2.14. The Labute approximate surface area is 103 Å². The van der Waals surface area contributed by atoms with E-state index in [0.29, 0.717) is 18.6 Å². The molecule has 0 amide bonds. The Bertz CT molecular complexity index is 373. The van der Waals surface area contributed by atoms with Crippen molar-refractivity contribution in [3.63, 3.8) is 0 Å². The van der Waals surface area contributed by atoms with Crippen LogP contribution in [0.25, 0.3) is 0 Å². The Morgan fingerprint density at radius 3 is 2.88 bits per heavy atom. The number of hydrogen-bond donors (Lipinski definition) is 1. The highest BCUT2D eigenvalue weighted by atomic mass is 16.5. The zero-order valence-electron chi connectivity index (χ0n) is 10.9. The molecule has 1 unspecified atom stereocenters. The third-order valence-electron chi connectivity index (χ3n) is 3.07. The maximum atomic E-state index is 5.17. The van der Waals surface area contributed by atoms with Crippen molar-refractivity contribution >= 4 is 0 Å². The second kappa shape index (κ2) is 5.56. The van der Waals surface area contributed by atoms with Crippen LogP contribution in [-0.4, -0.2) is 23.6 Å². The maximum Gasteiger partial charge on any atom is 0.145 e. The van der Waals surface area contributed by atoms with E-state index in [2.05, 4.69) is 29.1 Å².